The molecule has 0 aliphatic carbocycles. The fourth-order valence-electron chi connectivity index (χ4n) is 4.65. The van der Waals surface area contributed by atoms with Crippen molar-refractivity contribution in [1.29, 1.82) is 0 Å². The molecule has 39 heavy (non-hydrogen) atoms. The van der Waals surface area contributed by atoms with Crippen LogP contribution in [0, 0.1) is 15.3 Å². The van der Waals surface area contributed by atoms with Gasteiger partial charge in [-0.2, -0.15) is 5.10 Å². The van der Waals surface area contributed by atoms with Crippen LogP contribution in [-0.4, -0.2) is 31.2 Å². The van der Waals surface area contributed by atoms with E-state index >= 15 is 0 Å². The predicted octanol–water partition coefficient (Wildman–Crippen LogP) is 7.48. The lowest BCUT2D eigenvalue weighted by molar-refractivity contribution is -0.118. The maximum atomic E-state index is 14.0. The highest BCUT2D eigenvalue weighted by Gasteiger charge is 2.16. The van der Waals surface area contributed by atoms with Gasteiger partial charge in [0, 0.05) is 43.8 Å². The molecule has 3 aromatic carbocycles. The minimum Gasteiger partial charge on any atom is -0.508 e. The van der Waals surface area contributed by atoms with Gasteiger partial charge in [-0.05, 0) is 87.8 Å². The first-order valence-corrected chi connectivity index (χ1v) is 13.4. The first-order valence-electron chi connectivity index (χ1n) is 12.3. The molecular weight excluding hydrogens is 608 g/mol. The number of phenols is 1. The number of nitrogens with zero attached hydrogens (tertiary/aromatic N) is 2. The Kier molecular flexibility index (Phi) is 6.30. The standard InChI is InChI=1S/C30H23FIN5O2/c1-15(2)30(39)34-21-7-17(6-20(32)11-21)16-3-4-26-24(9-16)29(37-36-26)27-12-23-25(13-33-14-28(23)35-27)18-5-19(31)10-22(38)8-18/h3-15,35,38H,1-2H3,(H,34,39)(H,36,37). The van der Waals surface area contributed by atoms with Gasteiger partial charge in [0.05, 0.1) is 22.9 Å². The molecule has 0 aliphatic rings. The van der Waals surface area contributed by atoms with Gasteiger partial charge in [0.2, 0.25) is 5.91 Å². The molecule has 0 saturated carbocycles. The van der Waals surface area contributed by atoms with E-state index in [4.69, 9.17) is 0 Å². The molecular formula is C30H23FIN5O2. The molecule has 0 atom stereocenters. The zero-order chi connectivity index (χ0) is 27.3. The maximum Gasteiger partial charge on any atom is 0.226 e. The van der Waals surface area contributed by atoms with Gasteiger partial charge < -0.3 is 15.4 Å². The summed E-state index contributed by atoms with van der Waals surface area (Å²) in [6.07, 6.45) is 3.36. The second-order valence-electron chi connectivity index (χ2n) is 9.73. The van der Waals surface area contributed by atoms with Gasteiger partial charge in [-0.3, -0.25) is 14.9 Å². The number of aromatic amines is 2. The first-order chi connectivity index (χ1) is 18.7. The van der Waals surface area contributed by atoms with E-state index in [0.717, 1.165) is 59.6 Å². The molecule has 0 fully saturated rings. The lowest BCUT2D eigenvalue weighted by Crippen LogP contribution is -2.17. The number of pyridine rings is 1. The number of rotatable bonds is 5. The predicted molar refractivity (Wildman–Crippen MR) is 160 cm³/mol. The minimum absolute atomic E-state index is 0.0309. The van der Waals surface area contributed by atoms with Crippen molar-refractivity contribution in [3.05, 3.63) is 82.4 Å². The van der Waals surface area contributed by atoms with E-state index in [1.807, 2.05) is 44.2 Å². The Morgan fingerprint density at radius 3 is 2.59 bits per heavy atom. The Morgan fingerprint density at radius 2 is 1.79 bits per heavy atom. The number of phenolic OH excluding ortho intramolecular Hbond substituents is 1. The van der Waals surface area contributed by atoms with Crippen LogP contribution >= 0.6 is 22.6 Å². The number of anilines is 1. The number of carbonyl (C=O) groups excluding carboxylic acids is 1. The van der Waals surface area contributed by atoms with Gasteiger partial charge in [-0.1, -0.05) is 19.9 Å². The number of hydrogen-bond acceptors (Lipinski definition) is 4. The number of halogens is 2. The van der Waals surface area contributed by atoms with E-state index in [2.05, 4.69) is 60.2 Å². The fourth-order valence-corrected chi connectivity index (χ4v) is 5.32. The van der Waals surface area contributed by atoms with Crippen molar-refractivity contribution >= 4 is 56.0 Å². The van der Waals surface area contributed by atoms with Gasteiger partial charge in [0.1, 0.15) is 17.3 Å². The summed E-state index contributed by atoms with van der Waals surface area (Å²) in [6.45, 7) is 3.73. The second-order valence-corrected chi connectivity index (χ2v) is 11.0. The van der Waals surface area contributed by atoms with Gasteiger partial charge >= 0.3 is 0 Å². The van der Waals surface area contributed by atoms with Crippen LogP contribution in [0.2, 0.25) is 0 Å². The topological polar surface area (TPSA) is 107 Å². The molecule has 0 radical (unpaired) electrons. The Hall–Kier alpha value is -4.25. The molecule has 0 bridgehead atoms. The van der Waals surface area contributed by atoms with Crippen molar-refractivity contribution in [2.45, 2.75) is 13.8 Å². The zero-order valence-electron chi connectivity index (χ0n) is 21.0. The van der Waals surface area contributed by atoms with E-state index in [0.29, 0.717) is 11.1 Å². The highest BCUT2D eigenvalue weighted by atomic mass is 127. The molecule has 4 N–H and O–H groups in total. The summed E-state index contributed by atoms with van der Waals surface area (Å²) < 4.78 is 15.0. The van der Waals surface area contributed by atoms with Gasteiger partial charge in [-0.15, -0.1) is 0 Å². The lowest BCUT2D eigenvalue weighted by Gasteiger charge is -2.11. The molecule has 7 nitrogen and oxygen atoms in total. The summed E-state index contributed by atoms with van der Waals surface area (Å²) in [5, 5.41) is 22.4. The summed E-state index contributed by atoms with van der Waals surface area (Å²) in [5.74, 6) is -0.816. The van der Waals surface area contributed by atoms with Gasteiger partial charge in [-0.25, -0.2) is 4.39 Å². The van der Waals surface area contributed by atoms with E-state index < -0.39 is 5.82 Å². The Morgan fingerprint density at radius 1 is 0.949 bits per heavy atom. The molecule has 9 heteroatoms. The number of benzene rings is 3. The number of nitrogens with one attached hydrogen (secondary N) is 3. The van der Waals surface area contributed by atoms with Crippen molar-refractivity contribution in [3.63, 3.8) is 0 Å². The van der Waals surface area contributed by atoms with Crippen LogP contribution in [-0.2, 0) is 4.79 Å². The van der Waals surface area contributed by atoms with Crippen LogP contribution in [0.15, 0.2) is 73.1 Å². The number of carbonyl (C=O) groups is 1. The van der Waals surface area contributed by atoms with Gasteiger partial charge in [0.15, 0.2) is 0 Å². The van der Waals surface area contributed by atoms with Crippen molar-refractivity contribution < 1.29 is 14.3 Å². The summed E-state index contributed by atoms with van der Waals surface area (Å²) in [6, 6.07) is 18.0. The molecule has 3 heterocycles. The van der Waals surface area contributed by atoms with Crippen LogP contribution in [0.1, 0.15) is 13.8 Å². The molecule has 0 spiro atoms. The zero-order valence-corrected chi connectivity index (χ0v) is 23.2. The summed E-state index contributed by atoms with van der Waals surface area (Å²) in [7, 11) is 0. The van der Waals surface area contributed by atoms with Crippen LogP contribution in [0.3, 0.4) is 0 Å². The van der Waals surface area contributed by atoms with E-state index in [-0.39, 0.29) is 17.6 Å². The first kappa shape index (κ1) is 25.1. The van der Waals surface area contributed by atoms with Crippen molar-refractivity contribution in [2.75, 3.05) is 5.32 Å². The third-order valence-corrected chi connectivity index (χ3v) is 7.20. The van der Waals surface area contributed by atoms with Crippen LogP contribution in [0.4, 0.5) is 10.1 Å². The number of hydrogen-bond donors (Lipinski definition) is 4. The average molecular weight is 631 g/mol. The van der Waals surface area contributed by atoms with Gasteiger partial charge in [0.25, 0.3) is 0 Å². The molecule has 6 rings (SSSR count). The van der Waals surface area contributed by atoms with Crippen molar-refractivity contribution in [1.82, 2.24) is 20.2 Å². The lowest BCUT2D eigenvalue weighted by atomic mass is 10.0. The third kappa shape index (κ3) is 4.85. The highest BCUT2D eigenvalue weighted by Crippen LogP contribution is 2.36. The number of aromatic hydroxyl groups is 1. The molecule has 0 unspecified atom stereocenters. The van der Waals surface area contributed by atoms with Crippen molar-refractivity contribution in [2.24, 2.45) is 5.92 Å². The second kappa shape index (κ2) is 9.81. The largest absolute Gasteiger partial charge is 0.508 e. The number of H-pyrrole nitrogens is 2. The molecule has 0 saturated heterocycles. The third-order valence-electron chi connectivity index (χ3n) is 6.58. The maximum absolute atomic E-state index is 14.0. The molecule has 1 amide bonds. The monoisotopic (exact) mass is 631 g/mol. The fraction of sp³-hybridized carbons (Fsp3) is 0.100. The summed E-state index contributed by atoms with van der Waals surface area (Å²) in [5.41, 5.74) is 7.08. The quantitative estimate of drug-likeness (QED) is 0.148. The Balaban J connectivity index is 1.43. The van der Waals surface area contributed by atoms with E-state index in [1.165, 1.54) is 12.1 Å². The summed E-state index contributed by atoms with van der Waals surface area (Å²) >= 11 is 2.25. The minimum atomic E-state index is -0.522. The van der Waals surface area contributed by atoms with Crippen LogP contribution in [0.25, 0.3) is 55.4 Å². The highest BCUT2D eigenvalue weighted by molar-refractivity contribution is 14.1. The summed E-state index contributed by atoms with van der Waals surface area (Å²) in [4.78, 5) is 20.0. The van der Waals surface area contributed by atoms with E-state index in [1.54, 1.807) is 12.4 Å². The average Bonchev–Trinajstić information content (AvgIpc) is 3.51. The normalized spacial score (nSPS) is 11.5. The van der Waals surface area contributed by atoms with Crippen molar-refractivity contribution in [3.8, 4) is 39.4 Å². The molecule has 6 aromatic rings. The SMILES string of the molecule is CC(C)C(=O)Nc1cc(I)cc(-c2ccc3[nH]nc(-c4cc5c(-c6cc(O)cc(F)c6)cncc5[nH]4)c3c2)c1. The van der Waals surface area contributed by atoms with E-state index in [9.17, 15) is 14.3 Å². The Bertz CT molecular complexity index is 1870. The Labute approximate surface area is 236 Å². The molecule has 0 aliphatic heterocycles. The van der Waals surface area contributed by atoms with Crippen LogP contribution < -0.4 is 5.32 Å². The number of amides is 1. The molecule has 194 valence electrons. The number of fused-ring (bicyclic) bond motifs is 2. The van der Waals surface area contributed by atoms with Crippen LogP contribution in [0.5, 0.6) is 5.75 Å². The number of aromatic nitrogens is 4. The smallest absolute Gasteiger partial charge is 0.226 e. The molecule has 3 aromatic heterocycles.